The fraction of sp³-hybridized carbons (Fsp3) is 0.600. The van der Waals surface area contributed by atoms with Gasteiger partial charge in [0.2, 0.25) is 5.91 Å². The maximum atomic E-state index is 12.5. The summed E-state index contributed by atoms with van der Waals surface area (Å²) in [6.07, 6.45) is 7.07. The molecule has 1 aliphatic carbocycles. The molecule has 1 aromatic rings. The van der Waals surface area contributed by atoms with E-state index in [-0.39, 0.29) is 30.3 Å². The molecule has 6 nitrogen and oxygen atoms in total. The Labute approximate surface area is 167 Å². The summed E-state index contributed by atoms with van der Waals surface area (Å²) < 4.78 is 0. The van der Waals surface area contributed by atoms with Gasteiger partial charge in [0.1, 0.15) is 0 Å². The predicted octanol–water partition coefficient (Wildman–Crippen LogP) is 2.71. The number of rotatable bonds is 5. The van der Waals surface area contributed by atoms with Crippen molar-refractivity contribution in [2.45, 2.75) is 51.0 Å². The molecular formula is C20H31ClN4O2. The predicted molar refractivity (Wildman–Crippen MR) is 110 cm³/mol. The number of halogens is 1. The highest BCUT2D eigenvalue weighted by atomic mass is 35.5. The third kappa shape index (κ3) is 6.31. The third-order valence-electron chi connectivity index (χ3n) is 5.45. The number of hydrogen-bond donors (Lipinski definition) is 3. The number of nitrogens with two attached hydrogens (primary N) is 1. The molecule has 150 valence electrons. The Balaban J connectivity index is 0.00000261. The number of likely N-dealkylation sites (tertiary alicyclic amines) is 1. The van der Waals surface area contributed by atoms with Crippen molar-refractivity contribution in [2.75, 3.05) is 25.4 Å². The van der Waals surface area contributed by atoms with Crippen molar-refractivity contribution in [1.29, 1.82) is 0 Å². The van der Waals surface area contributed by atoms with Gasteiger partial charge in [0.25, 0.3) is 0 Å². The van der Waals surface area contributed by atoms with E-state index in [4.69, 9.17) is 5.73 Å². The summed E-state index contributed by atoms with van der Waals surface area (Å²) in [7, 11) is 0. The molecule has 2 fully saturated rings. The van der Waals surface area contributed by atoms with E-state index in [1.54, 1.807) is 0 Å². The van der Waals surface area contributed by atoms with Crippen LogP contribution >= 0.6 is 12.4 Å². The highest BCUT2D eigenvalue weighted by Crippen LogP contribution is 2.20. The maximum absolute atomic E-state index is 12.5. The van der Waals surface area contributed by atoms with Crippen LogP contribution < -0.4 is 16.4 Å². The van der Waals surface area contributed by atoms with Gasteiger partial charge in [0.05, 0.1) is 5.92 Å². The van der Waals surface area contributed by atoms with Gasteiger partial charge < -0.3 is 21.3 Å². The van der Waals surface area contributed by atoms with Gasteiger partial charge in [0, 0.05) is 31.4 Å². The maximum Gasteiger partial charge on any atom is 0.317 e. The highest BCUT2D eigenvalue weighted by molar-refractivity contribution is 5.85. The average molecular weight is 395 g/mol. The summed E-state index contributed by atoms with van der Waals surface area (Å²) in [6, 6.07) is 8.03. The summed E-state index contributed by atoms with van der Waals surface area (Å²) in [5.41, 5.74) is 7.58. The Morgan fingerprint density at radius 3 is 2.48 bits per heavy atom. The van der Waals surface area contributed by atoms with Gasteiger partial charge in [-0.3, -0.25) is 4.79 Å². The zero-order chi connectivity index (χ0) is 18.4. The van der Waals surface area contributed by atoms with Crippen molar-refractivity contribution in [2.24, 2.45) is 5.92 Å². The van der Waals surface area contributed by atoms with Crippen LogP contribution in [0.1, 0.15) is 44.1 Å². The van der Waals surface area contributed by atoms with Crippen molar-refractivity contribution in [3.05, 3.63) is 29.8 Å². The molecule has 4 N–H and O–H groups in total. The van der Waals surface area contributed by atoms with Gasteiger partial charge in [-0.25, -0.2) is 4.79 Å². The highest BCUT2D eigenvalue weighted by Gasteiger charge is 2.29. The molecule has 7 heteroatoms. The molecule has 27 heavy (non-hydrogen) atoms. The SMILES string of the molecule is Cl.Nc1ccc(CCNC(=O)C2CCCN(C(=O)NC3CCCC3)C2)cc1. The lowest BCUT2D eigenvalue weighted by Crippen LogP contribution is -2.50. The fourth-order valence-corrected chi connectivity index (χ4v) is 3.87. The first-order valence-corrected chi connectivity index (χ1v) is 9.79. The summed E-state index contributed by atoms with van der Waals surface area (Å²) in [6.45, 7) is 1.87. The van der Waals surface area contributed by atoms with Crippen LogP contribution in [0.5, 0.6) is 0 Å². The van der Waals surface area contributed by atoms with Crippen LogP contribution in [0.25, 0.3) is 0 Å². The number of nitrogens with zero attached hydrogens (tertiary/aromatic N) is 1. The van der Waals surface area contributed by atoms with Gasteiger partial charge in [-0.2, -0.15) is 0 Å². The molecular weight excluding hydrogens is 364 g/mol. The van der Waals surface area contributed by atoms with Crippen LogP contribution in [0.3, 0.4) is 0 Å². The van der Waals surface area contributed by atoms with Crippen molar-refractivity contribution >= 4 is 30.0 Å². The largest absolute Gasteiger partial charge is 0.399 e. The van der Waals surface area contributed by atoms with Gasteiger partial charge in [-0.05, 0) is 49.8 Å². The molecule has 1 heterocycles. The number of carbonyl (C=O) groups is 2. The standard InChI is InChI=1S/C20H30N4O2.ClH/c21-17-9-7-15(8-10-17)11-12-22-19(25)16-4-3-13-24(14-16)20(26)23-18-5-1-2-6-18;/h7-10,16,18H,1-6,11-14,21H2,(H,22,25)(H,23,26);1H. The van der Waals surface area contributed by atoms with E-state index in [1.165, 1.54) is 12.8 Å². The van der Waals surface area contributed by atoms with Crippen LogP contribution in [0.2, 0.25) is 0 Å². The van der Waals surface area contributed by atoms with Gasteiger partial charge >= 0.3 is 6.03 Å². The minimum atomic E-state index is -0.107. The second kappa shape index (κ2) is 10.4. The van der Waals surface area contributed by atoms with E-state index in [0.29, 0.717) is 19.1 Å². The molecule has 0 aromatic heterocycles. The zero-order valence-corrected chi connectivity index (χ0v) is 16.6. The molecule has 1 saturated carbocycles. The van der Waals surface area contributed by atoms with Crippen LogP contribution in [0, 0.1) is 5.92 Å². The Morgan fingerprint density at radius 1 is 1.07 bits per heavy atom. The third-order valence-corrected chi connectivity index (χ3v) is 5.45. The molecule has 1 saturated heterocycles. The Hall–Kier alpha value is -1.95. The Bertz CT molecular complexity index is 617. The van der Waals surface area contributed by atoms with E-state index >= 15 is 0 Å². The minimum absolute atomic E-state index is 0. The van der Waals surface area contributed by atoms with Crippen molar-refractivity contribution in [3.63, 3.8) is 0 Å². The number of urea groups is 1. The van der Waals surface area contributed by atoms with E-state index in [0.717, 1.165) is 49.9 Å². The van der Waals surface area contributed by atoms with Gasteiger partial charge in [-0.15, -0.1) is 12.4 Å². The lowest BCUT2D eigenvalue weighted by atomic mass is 9.97. The Kier molecular flexibility index (Phi) is 8.23. The van der Waals surface area contributed by atoms with Crippen LogP contribution in [0.15, 0.2) is 24.3 Å². The minimum Gasteiger partial charge on any atom is -0.399 e. The normalized spacial score (nSPS) is 20.0. The molecule has 2 aliphatic rings. The molecule has 3 rings (SSSR count). The van der Waals surface area contributed by atoms with E-state index in [2.05, 4.69) is 10.6 Å². The molecule has 1 unspecified atom stereocenters. The quantitative estimate of drug-likeness (QED) is 0.671. The van der Waals surface area contributed by atoms with E-state index in [9.17, 15) is 9.59 Å². The van der Waals surface area contributed by atoms with Crippen molar-refractivity contribution < 1.29 is 9.59 Å². The molecule has 0 spiro atoms. The molecule has 1 atom stereocenters. The van der Waals surface area contributed by atoms with E-state index < -0.39 is 0 Å². The van der Waals surface area contributed by atoms with Gasteiger partial charge in [-0.1, -0.05) is 25.0 Å². The molecule has 1 aliphatic heterocycles. The second-order valence-electron chi connectivity index (χ2n) is 7.50. The first-order valence-electron chi connectivity index (χ1n) is 9.79. The summed E-state index contributed by atoms with van der Waals surface area (Å²) >= 11 is 0. The van der Waals surface area contributed by atoms with Crippen LogP contribution in [-0.4, -0.2) is 42.5 Å². The zero-order valence-electron chi connectivity index (χ0n) is 15.8. The van der Waals surface area contributed by atoms with Gasteiger partial charge in [0.15, 0.2) is 0 Å². The molecule has 0 radical (unpaired) electrons. The fourth-order valence-electron chi connectivity index (χ4n) is 3.87. The lowest BCUT2D eigenvalue weighted by molar-refractivity contribution is -0.126. The number of carbonyl (C=O) groups excluding carboxylic acids is 2. The first-order chi connectivity index (χ1) is 12.6. The first kappa shape index (κ1) is 21.4. The summed E-state index contributed by atoms with van der Waals surface area (Å²) in [5.74, 6) is -0.0525. The number of piperidine rings is 1. The molecule has 1 aromatic carbocycles. The summed E-state index contributed by atoms with van der Waals surface area (Å²) in [4.78, 5) is 26.7. The van der Waals surface area contributed by atoms with Crippen LogP contribution in [-0.2, 0) is 11.2 Å². The monoisotopic (exact) mass is 394 g/mol. The summed E-state index contributed by atoms with van der Waals surface area (Å²) in [5, 5.41) is 6.14. The smallest absolute Gasteiger partial charge is 0.317 e. The average Bonchev–Trinajstić information content (AvgIpc) is 3.16. The number of nitrogen functional groups attached to an aromatic ring is 1. The topological polar surface area (TPSA) is 87.5 Å². The number of hydrogen-bond acceptors (Lipinski definition) is 3. The molecule has 0 bridgehead atoms. The second-order valence-corrected chi connectivity index (χ2v) is 7.50. The number of amides is 3. The van der Waals surface area contributed by atoms with Crippen molar-refractivity contribution in [3.8, 4) is 0 Å². The number of benzene rings is 1. The van der Waals surface area contributed by atoms with Crippen LogP contribution in [0.4, 0.5) is 10.5 Å². The number of nitrogens with one attached hydrogen (secondary N) is 2. The Morgan fingerprint density at radius 2 is 1.78 bits per heavy atom. The van der Waals surface area contributed by atoms with E-state index in [1.807, 2.05) is 29.2 Å². The lowest BCUT2D eigenvalue weighted by Gasteiger charge is -2.33. The number of anilines is 1. The molecule has 3 amide bonds. The van der Waals surface area contributed by atoms with Crippen molar-refractivity contribution in [1.82, 2.24) is 15.5 Å².